The molecule has 0 N–H and O–H groups in total. The van der Waals surface area contributed by atoms with Gasteiger partial charge in [-0.05, 0) is 44.5 Å². The maximum absolute atomic E-state index is 12.0. The summed E-state index contributed by atoms with van der Waals surface area (Å²) in [7, 11) is 0. The highest BCUT2D eigenvalue weighted by atomic mass is 79.9. The third kappa shape index (κ3) is 1.82. The first kappa shape index (κ1) is 12.0. The van der Waals surface area contributed by atoms with Gasteiger partial charge in [0.15, 0.2) is 0 Å². The molecule has 0 aromatic heterocycles. The van der Waals surface area contributed by atoms with Gasteiger partial charge in [0.05, 0.1) is 5.69 Å². The van der Waals surface area contributed by atoms with Gasteiger partial charge < -0.3 is 0 Å². The fraction of sp³-hybridized carbons (Fsp3) is 0.231. The van der Waals surface area contributed by atoms with Gasteiger partial charge in [-0.15, -0.1) is 0 Å². The molecule has 0 radical (unpaired) electrons. The van der Waals surface area contributed by atoms with E-state index in [-0.39, 0.29) is 11.8 Å². The van der Waals surface area contributed by atoms with Gasteiger partial charge in [-0.1, -0.05) is 15.9 Å². The Morgan fingerprint density at radius 3 is 2.00 bits per heavy atom. The molecule has 0 saturated heterocycles. The van der Waals surface area contributed by atoms with E-state index in [9.17, 15) is 9.59 Å². The molecule has 88 valence electrons. The van der Waals surface area contributed by atoms with Crippen molar-refractivity contribution in [3.63, 3.8) is 0 Å². The Morgan fingerprint density at radius 1 is 1.00 bits per heavy atom. The van der Waals surface area contributed by atoms with Gasteiger partial charge in [0.2, 0.25) is 0 Å². The number of benzene rings is 1. The SMILES string of the molecule is CC1=C(C)C(=O)N(c2ccc(Br)c(C)c2)C1=O. The summed E-state index contributed by atoms with van der Waals surface area (Å²) in [5.41, 5.74) is 2.66. The van der Waals surface area contributed by atoms with Crippen LogP contribution in [-0.4, -0.2) is 11.8 Å². The molecule has 0 atom stereocenters. The van der Waals surface area contributed by atoms with E-state index in [0.717, 1.165) is 10.0 Å². The van der Waals surface area contributed by atoms with Crippen molar-refractivity contribution < 1.29 is 9.59 Å². The Kier molecular flexibility index (Phi) is 2.91. The first-order chi connectivity index (χ1) is 7.93. The predicted molar refractivity (Wildman–Crippen MR) is 69.7 cm³/mol. The zero-order valence-corrected chi connectivity index (χ0v) is 11.5. The molecular formula is C13H12BrNO2. The van der Waals surface area contributed by atoms with Crippen LogP contribution in [0.1, 0.15) is 19.4 Å². The van der Waals surface area contributed by atoms with Gasteiger partial charge in [-0.25, -0.2) is 4.90 Å². The third-order valence-electron chi connectivity index (χ3n) is 3.01. The molecule has 3 nitrogen and oxygen atoms in total. The van der Waals surface area contributed by atoms with Crippen molar-refractivity contribution in [3.8, 4) is 0 Å². The van der Waals surface area contributed by atoms with Gasteiger partial charge in [0, 0.05) is 15.6 Å². The highest BCUT2D eigenvalue weighted by Crippen LogP contribution is 2.29. The number of carbonyl (C=O) groups excluding carboxylic acids is 2. The summed E-state index contributed by atoms with van der Waals surface area (Å²) in [5, 5.41) is 0. The maximum atomic E-state index is 12.0. The Morgan fingerprint density at radius 2 is 1.53 bits per heavy atom. The van der Waals surface area contributed by atoms with Crippen LogP contribution in [0.15, 0.2) is 33.8 Å². The van der Waals surface area contributed by atoms with Gasteiger partial charge in [-0.3, -0.25) is 9.59 Å². The lowest BCUT2D eigenvalue weighted by Crippen LogP contribution is -2.31. The first-order valence-electron chi connectivity index (χ1n) is 5.26. The molecule has 2 rings (SSSR count). The van der Waals surface area contributed by atoms with Gasteiger partial charge in [0.25, 0.3) is 11.8 Å². The number of halogens is 1. The fourth-order valence-corrected chi connectivity index (χ4v) is 2.00. The summed E-state index contributed by atoms with van der Waals surface area (Å²) in [6.45, 7) is 5.29. The van der Waals surface area contributed by atoms with Crippen LogP contribution >= 0.6 is 15.9 Å². The Bertz CT molecular complexity index is 537. The fourth-order valence-electron chi connectivity index (χ4n) is 1.75. The average molecular weight is 294 g/mol. The molecule has 1 aliphatic heterocycles. The number of aryl methyl sites for hydroxylation is 1. The third-order valence-corrected chi connectivity index (χ3v) is 3.90. The summed E-state index contributed by atoms with van der Waals surface area (Å²) >= 11 is 3.39. The Balaban J connectivity index is 2.47. The predicted octanol–water partition coefficient (Wildman–Crippen LogP) is 2.97. The lowest BCUT2D eigenvalue weighted by atomic mass is 10.2. The number of anilines is 1. The smallest absolute Gasteiger partial charge is 0.261 e. The van der Waals surface area contributed by atoms with Crippen LogP contribution in [0.5, 0.6) is 0 Å². The molecule has 1 aromatic rings. The second kappa shape index (κ2) is 4.11. The van der Waals surface area contributed by atoms with Crippen molar-refractivity contribution >= 4 is 33.4 Å². The molecule has 0 spiro atoms. The molecule has 0 aliphatic carbocycles. The minimum atomic E-state index is -0.228. The molecule has 17 heavy (non-hydrogen) atoms. The van der Waals surface area contributed by atoms with Crippen molar-refractivity contribution in [3.05, 3.63) is 39.4 Å². The summed E-state index contributed by atoms with van der Waals surface area (Å²) in [6, 6.07) is 5.43. The zero-order chi connectivity index (χ0) is 12.7. The topological polar surface area (TPSA) is 37.4 Å². The van der Waals surface area contributed by atoms with Crippen LogP contribution in [0.2, 0.25) is 0 Å². The van der Waals surface area contributed by atoms with Crippen molar-refractivity contribution in [2.45, 2.75) is 20.8 Å². The molecule has 4 heteroatoms. The molecule has 0 unspecified atom stereocenters. The van der Waals surface area contributed by atoms with Gasteiger partial charge >= 0.3 is 0 Å². The summed E-state index contributed by atoms with van der Waals surface area (Å²) in [5.74, 6) is -0.455. The molecule has 0 bridgehead atoms. The van der Waals surface area contributed by atoms with E-state index in [2.05, 4.69) is 15.9 Å². The van der Waals surface area contributed by atoms with Crippen LogP contribution in [-0.2, 0) is 9.59 Å². The van der Waals surface area contributed by atoms with E-state index < -0.39 is 0 Å². The van der Waals surface area contributed by atoms with Gasteiger partial charge in [0.1, 0.15) is 0 Å². The van der Waals surface area contributed by atoms with E-state index in [1.54, 1.807) is 19.9 Å². The number of rotatable bonds is 1. The Hall–Kier alpha value is -1.42. The number of carbonyl (C=O) groups is 2. The second-order valence-electron chi connectivity index (χ2n) is 4.13. The Labute approximate surface area is 108 Å². The van der Waals surface area contributed by atoms with Crippen molar-refractivity contribution in [2.24, 2.45) is 0 Å². The van der Waals surface area contributed by atoms with E-state index in [0.29, 0.717) is 16.8 Å². The van der Waals surface area contributed by atoms with Gasteiger partial charge in [-0.2, -0.15) is 0 Å². The van der Waals surface area contributed by atoms with E-state index in [1.807, 2.05) is 19.1 Å². The highest BCUT2D eigenvalue weighted by molar-refractivity contribution is 9.10. The lowest BCUT2D eigenvalue weighted by Gasteiger charge is -2.15. The normalized spacial score (nSPS) is 16.1. The molecule has 1 aliphatic rings. The first-order valence-corrected chi connectivity index (χ1v) is 6.05. The van der Waals surface area contributed by atoms with Crippen LogP contribution < -0.4 is 4.90 Å². The number of nitrogens with zero attached hydrogens (tertiary/aromatic N) is 1. The van der Waals surface area contributed by atoms with Crippen molar-refractivity contribution in [1.82, 2.24) is 0 Å². The largest absolute Gasteiger partial charge is 0.269 e. The second-order valence-corrected chi connectivity index (χ2v) is 4.98. The number of imide groups is 1. The van der Waals surface area contributed by atoms with E-state index >= 15 is 0 Å². The quantitative estimate of drug-likeness (QED) is 0.747. The summed E-state index contributed by atoms with van der Waals surface area (Å²) < 4.78 is 0.960. The lowest BCUT2D eigenvalue weighted by molar-refractivity contribution is -0.120. The van der Waals surface area contributed by atoms with E-state index in [4.69, 9.17) is 0 Å². The van der Waals surface area contributed by atoms with E-state index in [1.165, 1.54) is 4.90 Å². The molecule has 2 amide bonds. The van der Waals surface area contributed by atoms with Crippen molar-refractivity contribution in [2.75, 3.05) is 4.90 Å². The van der Waals surface area contributed by atoms with Crippen LogP contribution in [0, 0.1) is 6.92 Å². The zero-order valence-electron chi connectivity index (χ0n) is 9.87. The molecule has 1 aromatic carbocycles. The number of hydrogen-bond donors (Lipinski definition) is 0. The monoisotopic (exact) mass is 293 g/mol. The van der Waals surface area contributed by atoms with Crippen LogP contribution in [0.4, 0.5) is 5.69 Å². The molecular weight excluding hydrogens is 282 g/mol. The molecule has 0 saturated carbocycles. The van der Waals surface area contributed by atoms with Crippen LogP contribution in [0.3, 0.4) is 0 Å². The summed E-state index contributed by atoms with van der Waals surface area (Å²) in [6.07, 6.45) is 0. The number of hydrogen-bond acceptors (Lipinski definition) is 2. The molecule has 1 heterocycles. The standard InChI is InChI=1S/C13H12BrNO2/c1-7-6-10(4-5-11(7)14)15-12(16)8(2)9(3)13(15)17/h4-6H,1-3H3. The number of amides is 2. The minimum Gasteiger partial charge on any atom is -0.269 e. The summed E-state index contributed by atoms with van der Waals surface area (Å²) in [4.78, 5) is 25.1. The minimum absolute atomic E-state index is 0.228. The maximum Gasteiger partial charge on any atom is 0.261 e. The van der Waals surface area contributed by atoms with Crippen molar-refractivity contribution in [1.29, 1.82) is 0 Å². The highest BCUT2D eigenvalue weighted by Gasteiger charge is 2.34. The molecule has 0 fully saturated rings. The van der Waals surface area contributed by atoms with Crippen LogP contribution in [0.25, 0.3) is 0 Å². The average Bonchev–Trinajstić information content (AvgIpc) is 2.48.